The predicted molar refractivity (Wildman–Crippen MR) is 110 cm³/mol. The lowest BCUT2D eigenvalue weighted by Crippen LogP contribution is -2.18. The number of hydrogen-bond donors (Lipinski definition) is 1. The number of hydrazone groups is 1. The lowest BCUT2D eigenvalue weighted by molar-refractivity contribution is 0.0953. The van der Waals surface area contributed by atoms with Gasteiger partial charge in [0.1, 0.15) is 11.5 Å². The average Bonchev–Trinajstić information content (AvgIpc) is 2.75. The summed E-state index contributed by atoms with van der Waals surface area (Å²) in [6, 6.07) is 28.0. The van der Waals surface area contributed by atoms with E-state index < -0.39 is 0 Å². The first-order chi connectivity index (χ1) is 13.8. The van der Waals surface area contributed by atoms with Crippen LogP contribution in [0.2, 0.25) is 0 Å². The number of fused-ring (bicyclic) bond motifs is 1. The van der Waals surface area contributed by atoms with Crippen LogP contribution >= 0.6 is 0 Å². The summed E-state index contributed by atoms with van der Waals surface area (Å²) in [7, 11) is 0. The van der Waals surface area contributed by atoms with Gasteiger partial charge >= 0.3 is 0 Å². The fourth-order valence-electron chi connectivity index (χ4n) is 2.73. The van der Waals surface area contributed by atoms with Crippen LogP contribution in [0.5, 0.6) is 11.5 Å². The molecule has 0 aliphatic rings. The second kappa shape index (κ2) is 8.14. The first-order valence-corrected chi connectivity index (χ1v) is 8.81. The van der Waals surface area contributed by atoms with Gasteiger partial charge in [0.25, 0.3) is 5.91 Å². The first kappa shape index (κ1) is 17.4. The van der Waals surface area contributed by atoms with Crippen molar-refractivity contribution in [3.05, 3.63) is 102 Å². The number of nitrogens with zero attached hydrogens (tertiary/aromatic N) is 2. The molecule has 0 unspecified atom stereocenters. The van der Waals surface area contributed by atoms with Gasteiger partial charge in [0.15, 0.2) is 0 Å². The van der Waals surface area contributed by atoms with Gasteiger partial charge in [-0.05, 0) is 36.4 Å². The van der Waals surface area contributed by atoms with Crippen LogP contribution < -0.4 is 10.2 Å². The molecule has 1 heterocycles. The van der Waals surface area contributed by atoms with E-state index >= 15 is 0 Å². The summed E-state index contributed by atoms with van der Waals surface area (Å²) in [5, 5.41) is 5.08. The van der Waals surface area contributed by atoms with E-state index in [1.54, 1.807) is 18.2 Å². The largest absolute Gasteiger partial charge is 0.457 e. The molecule has 28 heavy (non-hydrogen) atoms. The van der Waals surface area contributed by atoms with Crippen LogP contribution in [-0.2, 0) is 0 Å². The number of para-hydroxylation sites is 3. The van der Waals surface area contributed by atoms with E-state index in [0.29, 0.717) is 22.8 Å². The zero-order chi connectivity index (χ0) is 19.2. The van der Waals surface area contributed by atoms with Gasteiger partial charge in [-0.1, -0.05) is 54.6 Å². The number of amides is 1. The predicted octanol–water partition coefficient (Wildman–Crippen LogP) is 4.79. The molecule has 0 bridgehead atoms. The minimum Gasteiger partial charge on any atom is -0.457 e. The Hall–Kier alpha value is -3.99. The lowest BCUT2D eigenvalue weighted by atomic mass is 10.2. The Kier molecular flexibility index (Phi) is 5.06. The number of benzene rings is 3. The third-order valence-corrected chi connectivity index (χ3v) is 4.09. The number of aromatic nitrogens is 1. The van der Waals surface area contributed by atoms with Crippen LogP contribution in [0.25, 0.3) is 10.9 Å². The maximum atomic E-state index is 12.5. The summed E-state index contributed by atoms with van der Waals surface area (Å²) in [6.45, 7) is 0. The van der Waals surface area contributed by atoms with Gasteiger partial charge in [0.05, 0.1) is 23.0 Å². The average molecular weight is 367 g/mol. The van der Waals surface area contributed by atoms with Crippen molar-refractivity contribution < 1.29 is 9.53 Å². The number of rotatable bonds is 5. The number of carbonyl (C=O) groups excluding carboxylic acids is 1. The Balaban J connectivity index is 1.48. The monoisotopic (exact) mass is 367 g/mol. The smallest absolute Gasteiger partial charge is 0.275 e. The fourth-order valence-corrected chi connectivity index (χ4v) is 2.73. The van der Waals surface area contributed by atoms with Crippen LogP contribution in [0.1, 0.15) is 16.1 Å². The number of carbonyl (C=O) groups is 1. The fraction of sp³-hybridized carbons (Fsp3) is 0. The maximum Gasteiger partial charge on any atom is 0.275 e. The number of hydrogen-bond acceptors (Lipinski definition) is 4. The van der Waals surface area contributed by atoms with Crippen LogP contribution in [0, 0.1) is 0 Å². The maximum absolute atomic E-state index is 12.5. The van der Waals surface area contributed by atoms with Gasteiger partial charge in [-0.15, -0.1) is 0 Å². The van der Waals surface area contributed by atoms with Crippen LogP contribution in [0.15, 0.2) is 96.1 Å². The molecule has 0 radical (unpaired) electrons. The Labute approximate surface area is 162 Å². The van der Waals surface area contributed by atoms with E-state index in [9.17, 15) is 4.79 Å². The third kappa shape index (κ3) is 4.04. The molecule has 0 aliphatic heterocycles. The summed E-state index contributed by atoms with van der Waals surface area (Å²) in [5.41, 5.74) is 4.46. The summed E-state index contributed by atoms with van der Waals surface area (Å²) in [6.07, 6.45) is 1.52. The van der Waals surface area contributed by atoms with E-state index in [1.165, 1.54) is 6.21 Å². The molecule has 1 N–H and O–H groups in total. The molecule has 0 saturated carbocycles. The molecule has 1 aromatic heterocycles. The van der Waals surface area contributed by atoms with E-state index in [-0.39, 0.29) is 5.91 Å². The zero-order valence-electron chi connectivity index (χ0n) is 14.9. The molecular formula is C23H17N3O2. The van der Waals surface area contributed by atoms with Crippen molar-refractivity contribution in [2.24, 2.45) is 5.10 Å². The molecule has 5 nitrogen and oxygen atoms in total. The first-order valence-electron chi connectivity index (χ1n) is 8.81. The number of nitrogens with one attached hydrogen (secondary N) is 1. The molecule has 3 aromatic carbocycles. The SMILES string of the molecule is O=C(N/N=C/c1ccc2ccccc2n1)c1ccccc1Oc1ccccc1. The van der Waals surface area contributed by atoms with Crippen molar-refractivity contribution in [3.8, 4) is 11.5 Å². The second-order valence-corrected chi connectivity index (χ2v) is 6.04. The number of ether oxygens (including phenoxy) is 1. The molecule has 0 aliphatic carbocycles. The van der Waals surface area contributed by atoms with Crippen molar-refractivity contribution in [2.75, 3.05) is 0 Å². The van der Waals surface area contributed by atoms with Crippen LogP contribution in [0.4, 0.5) is 0 Å². The quantitative estimate of drug-likeness (QED) is 0.407. The molecule has 0 saturated heterocycles. The normalized spacial score (nSPS) is 10.9. The molecular weight excluding hydrogens is 350 g/mol. The Bertz CT molecular complexity index is 1140. The van der Waals surface area contributed by atoms with Crippen molar-refractivity contribution in [1.29, 1.82) is 0 Å². The van der Waals surface area contributed by atoms with Gasteiger partial charge < -0.3 is 4.74 Å². The van der Waals surface area contributed by atoms with Crippen molar-refractivity contribution in [2.45, 2.75) is 0 Å². The zero-order valence-corrected chi connectivity index (χ0v) is 14.9. The highest BCUT2D eigenvalue weighted by Gasteiger charge is 2.12. The highest BCUT2D eigenvalue weighted by atomic mass is 16.5. The Morgan fingerprint density at radius 2 is 1.61 bits per heavy atom. The summed E-state index contributed by atoms with van der Waals surface area (Å²) >= 11 is 0. The molecule has 136 valence electrons. The van der Waals surface area contributed by atoms with Gasteiger partial charge in [0, 0.05) is 5.39 Å². The van der Waals surface area contributed by atoms with Gasteiger partial charge in [-0.25, -0.2) is 10.4 Å². The second-order valence-electron chi connectivity index (χ2n) is 6.04. The highest BCUT2D eigenvalue weighted by Crippen LogP contribution is 2.24. The van der Waals surface area contributed by atoms with Crippen LogP contribution in [-0.4, -0.2) is 17.1 Å². The molecule has 5 heteroatoms. The minimum absolute atomic E-state index is 0.358. The molecule has 4 aromatic rings. The Morgan fingerprint density at radius 3 is 2.50 bits per heavy atom. The number of pyridine rings is 1. The molecule has 4 rings (SSSR count). The summed E-state index contributed by atoms with van der Waals surface area (Å²) in [4.78, 5) is 17.0. The molecule has 0 fully saturated rings. The third-order valence-electron chi connectivity index (χ3n) is 4.09. The van der Waals surface area contributed by atoms with Crippen molar-refractivity contribution >= 4 is 23.0 Å². The van der Waals surface area contributed by atoms with Crippen molar-refractivity contribution in [1.82, 2.24) is 10.4 Å². The molecule has 0 spiro atoms. The van der Waals surface area contributed by atoms with Crippen LogP contribution in [0.3, 0.4) is 0 Å². The lowest BCUT2D eigenvalue weighted by Gasteiger charge is -2.09. The summed E-state index contributed by atoms with van der Waals surface area (Å²) < 4.78 is 5.82. The Morgan fingerprint density at radius 1 is 0.857 bits per heavy atom. The van der Waals surface area contributed by atoms with E-state index in [0.717, 1.165) is 10.9 Å². The minimum atomic E-state index is -0.358. The van der Waals surface area contributed by atoms with E-state index in [4.69, 9.17) is 4.74 Å². The van der Waals surface area contributed by atoms with Crippen molar-refractivity contribution in [3.63, 3.8) is 0 Å². The summed E-state index contributed by atoms with van der Waals surface area (Å²) in [5.74, 6) is 0.764. The molecule has 1 amide bonds. The topological polar surface area (TPSA) is 63.6 Å². The molecule has 0 atom stereocenters. The van der Waals surface area contributed by atoms with Gasteiger partial charge in [-0.3, -0.25) is 4.79 Å². The van der Waals surface area contributed by atoms with Gasteiger partial charge in [-0.2, -0.15) is 5.10 Å². The standard InChI is InChI=1S/C23H17N3O2/c27-23(20-11-5-7-13-22(20)28-19-9-2-1-3-10-19)26-24-16-18-15-14-17-8-4-6-12-21(17)25-18/h1-16H,(H,26,27)/b24-16+. The van der Waals surface area contributed by atoms with Gasteiger partial charge in [0.2, 0.25) is 0 Å². The van der Waals surface area contributed by atoms with E-state index in [1.807, 2.05) is 72.8 Å². The highest BCUT2D eigenvalue weighted by molar-refractivity contribution is 5.97. The van der Waals surface area contributed by atoms with E-state index in [2.05, 4.69) is 15.5 Å².